The number of nitrogens with zero attached hydrogens (tertiary/aromatic N) is 5. The molecule has 2 aliphatic rings. The Morgan fingerprint density at radius 1 is 1.38 bits per heavy atom. The molecule has 196 valence electrons. The molecule has 2 aromatic rings. The standard InChI is InChI=1S/C18H19N9O6S4/c1-6-24-25-18(37-6)36-4-7-3-34-15-11(14(30)27(15)12(7)16(31)32)22-13(29)10(8-5-35-17(19)21-8)26-33-2-9(28)23-20/h5,11,15H,2-4,20H2,1H3,(H2,19,21)(H,22,29)(H,23,28)(H,31,32)/t11?,15-/m0/s1. The molecule has 1 saturated heterocycles. The van der Waals surface area contributed by atoms with Crippen molar-refractivity contribution in [3.63, 3.8) is 0 Å². The molecule has 2 aromatic heterocycles. The summed E-state index contributed by atoms with van der Waals surface area (Å²) in [6, 6.07) is -1.01. The van der Waals surface area contributed by atoms with E-state index in [4.69, 9.17) is 16.4 Å². The lowest BCUT2D eigenvalue weighted by Crippen LogP contribution is -2.71. The van der Waals surface area contributed by atoms with Crippen molar-refractivity contribution in [1.82, 2.24) is 30.8 Å². The molecule has 19 heteroatoms. The number of hydrogen-bond acceptors (Lipinski definition) is 15. The maximum atomic E-state index is 13.0. The summed E-state index contributed by atoms with van der Waals surface area (Å²) in [5.74, 6) is 2.34. The van der Waals surface area contributed by atoms with Crippen LogP contribution in [0.3, 0.4) is 0 Å². The van der Waals surface area contributed by atoms with Gasteiger partial charge in [-0.25, -0.2) is 15.6 Å². The largest absolute Gasteiger partial charge is 0.477 e. The fourth-order valence-corrected chi connectivity index (χ4v) is 7.14. The average molecular weight is 586 g/mol. The van der Waals surface area contributed by atoms with Crippen LogP contribution in [0, 0.1) is 6.92 Å². The van der Waals surface area contributed by atoms with Crippen molar-refractivity contribution >= 4 is 80.7 Å². The summed E-state index contributed by atoms with van der Waals surface area (Å²) >= 11 is 5.11. The molecule has 3 amide bonds. The first-order valence-corrected chi connectivity index (χ1v) is 14.0. The fraction of sp³-hybridized carbons (Fsp3) is 0.333. The van der Waals surface area contributed by atoms with E-state index in [9.17, 15) is 24.3 Å². The molecule has 0 radical (unpaired) electrons. The van der Waals surface area contributed by atoms with Crippen LogP contribution < -0.4 is 22.3 Å². The Morgan fingerprint density at radius 2 is 2.16 bits per heavy atom. The fourth-order valence-electron chi connectivity index (χ4n) is 3.29. The van der Waals surface area contributed by atoms with Crippen molar-refractivity contribution in [1.29, 1.82) is 0 Å². The number of fused-ring (bicyclic) bond motifs is 1. The van der Waals surface area contributed by atoms with E-state index in [1.807, 2.05) is 12.3 Å². The molecule has 0 saturated carbocycles. The molecule has 1 unspecified atom stereocenters. The van der Waals surface area contributed by atoms with Crippen LogP contribution in [0.5, 0.6) is 0 Å². The number of carboxylic acid groups (broad SMARTS) is 1. The minimum absolute atomic E-state index is 0.0745. The number of β-lactam (4-membered cyclic amide) rings is 1. The van der Waals surface area contributed by atoms with Gasteiger partial charge in [0.05, 0.1) is 0 Å². The topological polar surface area (TPSA) is 228 Å². The number of carboxylic acids is 1. The number of amides is 3. The maximum Gasteiger partial charge on any atom is 0.352 e. The van der Waals surface area contributed by atoms with Crippen LogP contribution in [-0.4, -0.2) is 84.1 Å². The van der Waals surface area contributed by atoms with E-state index in [2.05, 4.69) is 25.7 Å². The predicted molar refractivity (Wildman–Crippen MR) is 136 cm³/mol. The van der Waals surface area contributed by atoms with Crippen molar-refractivity contribution in [2.24, 2.45) is 11.0 Å². The number of carbonyl (C=O) groups is 4. The summed E-state index contributed by atoms with van der Waals surface area (Å²) in [7, 11) is 0. The van der Waals surface area contributed by atoms with Gasteiger partial charge in [-0.3, -0.25) is 24.7 Å². The SMILES string of the molecule is Cc1nnc(SCC2=C(C(=O)O)N3C(=O)C(NC(=O)C(=NOCC(=O)NN)c4csc(N)n4)[C@@H]3SC2)s1. The van der Waals surface area contributed by atoms with Gasteiger partial charge in [0.2, 0.25) is 0 Å². The van der Waals surface area contributed by atoms with E-state index < -0.39 is 41.7 Å². The van der Waals surface area contributed by atoms with Crippen LogP contribution in [0.4, 0.5) is 5.13 Å². The number of hydrazine groups is 1. The molecule has 4 rings (SSSR count). The Balaban J connectivity index is 1.48. The van der Waals surface area contributed by atoms with Crippen LogP contribution in [0.2, 0.25) is 0 Å². The number of nitrogen functional groups attached to an aromatic ring is 1. The third kappa shape index (κ3) is 5.85. The number of aryl methyl sites for hydroxylation is 1. The van der Waals surface area contributed by atoms with E-state index in [0.29, 0.717) is 21.4 Å². The highest BCUT2D eigenvalue weighted by Gasteiger charge is 2.54. The van der Waals surface area contributed by atoms with Crippen molar-refractivity contribution in [2.45, 2.75) is 22.7 Å². The van der Waals surface area contributed by atoms with Gasteiger partial charge in [0.1, 0.15) is 27.8 Å². The number of oxime groups is 1. The maximum absolute atomic E-state index is 13.0. The molecular formula is C18H19N9O6S4. The minimum atomic E-state index is -1.24. The number of aromatic nitrogens is 3. The zero-order chi connectivity index (χ0) is 26.7. The minimum Gasteiger partial charge on any atom is -0.477 e. The highest BCUT2D eigenvalue weighted by atomic mass is 32.2. The number of thiazole rings is 1. The van der Waals surface area contributed by atoms with Crippen molar-refractivity contribution < 1.29 is 29.1 Å². The van der Waals surface area contributed by atoms with Crippen molar-refractivity contribution in [2.75, 3.05) is 23.8 Å². The van der Waals surface area contributed by atoms with Crippen LogP contribution >= 0.6 is 46.2 Å². The molecule has 0 spiro atoms. The van der Waals surface area contributed by atoms with E-state index in [1.54, 1.807) is 0 Å². The highest BCUT2D eigenvalue weighted by Crippen LogP contribution is 2.41. The van der Waals surface area contributed by atoms with Crippen LogP contribution in [0.25, 0.3) is 0 Å². The van der Waals surface area contributed by atoms with Crippen molar-refractivity contribution in [3.05, 3.63) is 27.4 Å². The molecule has 0 aliphatic carbocycles. The smallest absolute Gasteiger partial charge is 0.352 e. The van der Waals surface area contributed by atoms with Gasteiger partial charge in [-0.1, -0.05) is 28.3 Å². The number of hydrogen-bond donors (Lipinski definition) is 5. The molecule has 4 heterocycles. The third-order valence-electron chi connectivity index (χ3n) is 4.91. The summed E-state index contributed by atoms with van der Waals surface area (Å²) in [6.45, 7) is 1.26. The second-order valence-corrected chi connectivity index (χ2v) is 11.7. The Bertz CT molecular complexity index is 1310. The summed E-state index contributed by atoms with van der Waals surface area (Å²) < 4.78 is 0.697. The summed E-state index contributed by atoms with van der Waals surface area (Å²) in [6.07, 6.45) is 0. The third-order valence-corrected chi connectivity index (χ3v) is 8.98. The first-order chi connectivity index (χ1) is 17.7. The van der Waals surface area contributed by atoms with Gasteiger partial charge in [0.15, 0.2) is 21.8 Å². The number of anilines is 1. The molecule has 1 fully saturated rings. The van der Waals surface area contributed by atoms with Gasteiger partial charge in [0, 0.05) is 16.9 Å². The summed E-state index contributed by atoms with van der Waals surface area (Å²) in [4.78, 5) is 59.4. The van der Waals surface area contributed by atoms with Gasteiger partial charge in [-0.15, -0.1) is 33.3 Å². The molecule has 37 heavy (non-hydrogen) atoms. The molecule has 0 aromatic carbocycles. The second-order valence-electron chi connectivity index (χ2n) is 7.35. The first-order valence-electron chi connectivity index (χ1n) is 10.2. The lowest BCUT2D eigenvalue weighted by Gasteiger charge is -2.49. The van der Waals surface area contributed by atoms with Gasteiger partial charge in [0.25, 0.3) is 17.7 Å². The van der Waals surface area contributed by atoms with Gasteiger partial charge in [-0.2, -0.15) is 0 Å². The molecule has 0 bridgehead atoms. The lowest BCUT2D eigenvalue weighted by atomic mass is 10.0. The second kappa shape index (κ2) is 11.4. The Kier molecular flexibility index (Phi) is 8.27. The number of nitrogens with one attached hydrogen (secondary N) is 2. The Labute approximate surface area is 225 Å². The average Bonchev–Trinajstić information content (AvgIpc) is 3.50. The zero-order valence-electron chi connectivity index (χ0n) is 18.9. The molecule has 2 atom stereocenters. The number of carbonyl (C=O) groups excluding carboxylic acids is 3. The Hall–Kier alpha value is -3.26. The number of thioether (sulfide) groups is 2. The quantitative estimate of drug-likeness (QED) is 0.0571. The summed E-state index contributed by atoms with van der Waals surface area (Å²) in [5, 5.41) is 25.8. The number of aliphatic carboxylic acids is 1. The predicted octanol–water partition coefficient (Wildman–Crippen LogP) is -0.873. The Morgan fingerprint density at radius 3 is 2.78 bits per heavy atom. The van der Waals surface area contributed by atoms with E-state index in [1.165, 1.54) is 45.1 Å². The van der Waals surface area contributed by atoms with Crippen LogP contribution in [0.1, 0.15) is 10.7 Å². The van der Waals surface area contributed by atoms with Gasteiger partial charge < -0.3 is 21.0 Å². The monoisotopic (exact) mass is 585 g/mol. The molecule has 2 aliphatic heterocycles. The molecular weight excluding hydrogens is 567 g/mol. The summed E-state index contributed by atoms with van der Waals surface area (Å²) in [5.41, 5.74) is 7.72. The van der Waals surface area contributed by atoms with Gasteiger partial charge >= 0.3 is 5.97 Å². The first kappa shape index (κ1) is 26.8. The van der Waals surface area contributed by atoms with Crippen LogP contribution in [0.15, 0.2) is 26.1 Å². The van der Waals surface area contributed by atoms with E-state index in [0.717, 1.165) is 16.3 Å². The van der Waals surface area contributed by atoms with Gasteiger partial charge in [-0.05, 0) is 12.5 Å². The van der Waals surface area contributed by atoms with E-state index in [-0.39, 0.29) is 22.2 Å². The number of nitrogens with two attached hydrogens (primary N) is 2. The van der Waals surface area contributed by atoms with Crippen LogP contribution in [-0.2, 0) is 24.0 Å². The normalized spacial score (nSPS) is 19.2. The molecule has 7 N–H and O–H groups in total. The zero-order valence-corrected chi connectivity index (χ0v) is 22.1. The van der Waals surface area contributed by atoms with Crippen molar-refractivity contribution in [3.8, 4) is 0 Å². The molecule has 15 nitrogen and oxygen atoms in total. The van der Waals surface area contributed by atoms with E-state index >= 15 is 0 Å². The highest BCUT2D eigenvalue weighted by molar-refractivity contribution is 8.01. The lowest BCUT2D eigenvalue weighted by molar-refractivity contribution is -0.150. The number of rotatable bonds is 10.